The van der Waals surface area contributed by atoms with Crippen LogP contribution in [0, 0.1) is 0 Å². The van der Waals surface area contributed by atoms with Gasteiger partial charge in [-0.2, -0.15) is 4.31 Å². The smallest absolute Gasteiger partial charge is 0.247 e. The summed E-state index contributed by atoms with van der Waals surface area (Å²) in [5.74, 6) is -0.168. The van der Waals surface area contributed by atoms with E-state index in [1.807, 2.05) is 4.90 Å². The molecule has 3 aliphatic rings. The van der Waals surface area contributed by atoms with Crippen LogP contribution in [0.5, 0.6) is 0 Å². The first-order valence-corrected chi connectivity index (χ1v) is 8.78. The molecule has 2 aliphatic heterocycles. The Morgan fingerprint density at radius 3 is 2.15 bits per heavy atom. The molecular formula is C12H19N3O4S. The van der Waals surface area contributed by atoms with Crippen LogP contribution in [-0.2, 0) is 19.6 Å². The average Bonchev–Trinajstić information content (AvgIpc) is 3.15. The zero-order valence-electron chi connectivity index (χ0n) is 11.5. The van der Waals surface area contributed by atoms with Crippen LogP contribution in [0.4, 0.5) is 0 Å². The first-order valence-electron chi connectivity index (χ1n) is 6.93. The SMILES string of the molecule is CS(=O)(=O)N1CCN(C2CC(=O)N(C3CC3)C2=O)CC1. The maximum atomic E-state index is 12.3. The number of hydrogen-bond acceptors (Lipinski definition) is 5. The third-order valence-electron chi connectivity index (χ3n) is 4.25. The lowest BCUT2D eigenvalue weighted by atomic mass is 10.2. The van der Waals surface area contributed by atoms with E-state index in [9.17, 15) is 18.0 Å². The summed E-state index contributed by atoms with van der Waals surface area (Å²) >= 11 is 0. The molecule has 0 aromatic heterocycles. The minimum absolute atomic E-state index is 0.0759. The molecule has 7 nitrogen and oxygen atoms in total. The number of piperazine rings is 1. The highest BCUT2D eigenvalue weighted by atomic mass is 32.2. The van der Waals surface area contributed by atoms with Crippen LogP contribution in [-0.4, -0.2) is 78.9 Å². The Kier molecular flexibility index (Phi) is 3.34. The van der Waals surface area contributed by atoms with Crippen LogP contribution in [0.3, 0.4) is 0 Å². The van der Waals surface area contributed by atoms with Gasteiger partial charge in [-0.15, -0.1) is 0 Å². The first kappa shape index (κ1) is 14.0. The Hall–Kier alpha value is -0.990. The van der Waals surface area contributed by atoms with Gasteiger partial charge in [0.15, 0.2) is 0 Å². The molecule has 0 radical (unpaired) electrons. The highest BCUT2D eigenvalue weighted by Crippen LogP contribution is 2.33. The number of hydrogen-bond donors (Lipinski definition) is 0. The van der Waals surface area contributed by atoms with Gasteiger partial charge in [-0.25, -0.2) is 8.42 Å². The van der Waals surface area contributed by atoms with Crippen molar-refractivity contribution in [1.82, 2.24) is 14.1 Å². The van der Waals surface area contributed by atoms with Crippen LogP contribution < -0.4 is 0 Å². The average molecular weight is 301 g/mol. The summed E-state index contributed by atoms with van der Waals surface area (Å²) in [6, 6.07) is -0.262. The van der Waals surface area contributed by atoms with Crippen molar-refractivity contribution in [3.05, 3.63) is 0 Å². The fourth-order valence-corrected chi connectivity index (χ4v) is 3.81. The maximum Gasteiger partial charge on any atom is 0.247 e. The monoisotopic (exact) mass is 301 g/mol. The van der Waals surface area contributed by atoms with Crippen LogP contribution in [0.25, 0.3) is 0 Å². The molecule has 1 aliphatic carbocycles. The summed E-state index contributed by atoms with van der Waals surface area (Å²) in [7, 11) is -3.17. The van der Waals surface area contributed by atoms with Crippen LogP contribution in [0.1, 0.15) is 19.3 Å². The molecule has 8 heteroatoms. The molecule has 0 aromatic rings. The topological polar surface area (TPSA) is 78.0 Å². The number of likely N-dealkylation sites (tertiary alicyclic amines) is 1. The van der Waals surface area contributed by atoms with Gasteiger partial charge in [0.25, 0.3) is 0 Å². The fourth-order valence-electron chi connectivity index (χ4n) is 2.98. The second-order valence-electron chi connectivity index (χ2n) is 5.75. The van der Waals surface area contributed by atoms with Gasteiger partial charge in [-0.3, -0.25) is 19.4 Å². The second-order valence-corrected chi connectivity index (χ2v) is 7.73. The lowest BCUT2D eigenvalue weighted by molar-refractivity contribution is -0.140. The van der Waals surface area contributed by atoms with Gasteiger partial charge in [-0.1, -0.05) is 0 Å². The molecule has 112 valence electrons. The first-order chi connectivity index (χ1) is 9.38. The fraction of sp³-hybridized carbons (Fsp3) is 0.833. The van der Waals surface area contributed by atoms with E-state index < -0.39 is 10.0 Å². The number of nitrogens with zero attached hydrogens (tertiary/aromatic N) is 3. The Bertz CT molecular complexity index is 535. The number of imide groups is 1. The van der Waals surface area contributed by atoms with E-state index >= 15 is 0 Å². The molecule has 0 aromatic carbocycles. The second kappa shape index (κ2) is 4.78. The lowest BCUT2D eigenvalue weighted by Crippen LogP contribution is -2.53. The molecule has 2 amide bonds. The van der Waals surface area contributed by atoms with Crippen LogP contribution in [0.2, 0.25) is 0 Å². The Balaban J connectivity index is 1.64. The molecule has 0 bridgehead atoms. The normalized spacial score (nSPS) is 30.2. The molecule has 2 saturated heterocycles. The third kappa shape index (κ3) is 2.47. The minimum Gasteiger partial charge on any atom is -0.289 e. The Morgan fingerprint density at radius 1 is 1.05 bits per heavy atom. The molecule has 3 rings (SSSR count). The summed E-state index contributed by atoms with van der Waals surface area (Å²) < 4.78 is 24.3. The molecule has 0 spiro atoms. The number of amides is 2. The predicted molar refractivity (Wildman–Crippen MR) is 71.3 cm³/mol. The van der Waals surface area contributed by atoms with Crippen molar-refractivity contribution < 1.29 is 18.0 Å². The summed E-state index contributed by atoms with van der Waals surface area (Å²) in [6.07, 6.45) is 3.29. The standard InChI is InChI=1S/C12H19N3O4S/c1-20(18,19)14-6-4-13(5-7-14)10-8-11(16)15(12(10)17)9-2-3-9/h9-10H,2-8H2,1H3. The highest BCUT2D eigenvalue weighted by molar-refractivity contribution is 7.88. The molecule has 1 unspecified atom stereocenters. The van der Waals surface area contributed by atoms with Gasteiger partial charge in [0, 0.05) is 32.2 Å². The molecular weight excluding hydrogens is 282 g/mol. The summed E-state index contributed by atoms with van der Waals surface area (Å²) in [6.45, 7) is 1.80. The Labute approximate surface area is 118 Å². The van der Waals surface area contributed by atoms with E-state index in [0.717, 1.165) is 12.8 Å². The van der Waals surface area contributed by atoms with Crippen molar-refractivity contribution in [3.8, 4) is 0 Å². The zero-order valence-corrected chi connectivity index (χ0v) is 12.3. The number of carbonyl (C=O) groups is 2. The van der Waals surface area contributed by atoms with Crippen molar-refractivity contribution in [3.63, 3.8) is 0 Å². The molecule has 20 heavy (non-hydrogen) atoms. The number of rotatable bonds is 3. The van der Waals surface area contributed by atoms with Crippen molar-refractivity contribution in [2.24, 2.45) is 0 Å². The van der Waals surface area contributed by atoms with Crippen molar-refractivity contribution in [2.45, 2.75) is 31.3 Å². The van der Waals surface area contributed by atoms with Gasteiger partial charge in [0.1, 0.15) is 0 Å². The number of carbonyl (C=O) groups excluding carboxylic acids is 2. The van der Waals surface area contributed by atoms with Crippen molar-refractivity contribution >= 4 is 21.8 Å². The van der Waals surface area contributed by atoms with Gasteiger partial charge >= 0.3 is 0 Å². The minimum atomic E-state index is -3.17. The predicted octanol–water partition coefficient (Wildman–Crippen LogP) is -1.15. The van der Waals surface area contributed by atoms with Crippen LogP contribution in [0.15, 0.2) is 0 Å². The van der Waals surface area contributed by atoms with Gasteiger partial charge in [0.2, 0.25) is 21.8 Å². The molecule has 3 fully saturated rings. The van der Waals surface area contributed by atoms with Gasteiger partial charge in [0.05, 0.1) is 18.7 Å². The lowest BCUT2D eigenvalue weighted by Gasteiger charge is -2.35. The molecule has 1 atom stereocenters. The van der Waals surface area contributed by atoms with E-state index in [1.165, 1.54) is 15.5 Å². The summed E-state index contributed by atoms with van der Waals surface area (Å²) in [4.78, 5) is 27.6. The van der Waals surface area contributed by atoms with Crippen molar-refractivity contribution in [1.29, 1.82) is 0 Å². The molecule has 1 saturated carbocycles. The summed E-state index contributed by atoms with van der Waals surface area (Å²) in [5, 5.41) is 0. The third-order valence-corrected chi connectivity index (χ3v) is 5.56. The highest BCUT2D eigenvalue weighted by Gasteiger charge is 2.48. The largest absolute Gasteiger partial charge is 0.289 e. The number of sulfonamides is 1. The quantitative estimate of drug-likeness (QED) is 0.615. The van der Waals surface area contributed by atoms with Gasteiger partial charge in [-0.05, 0) is 12.8 Å². The Morgan fingerprint density at radius 2 is 1.65 bits per heavy atom. The molecule has 2 heterocycles. The maximum absolute atomic E-state index is 12.3. The van der Waals surface area contributed by atoms with E-state index in [-0.39, 0.29) is 30.3 Å². The molecule has 0 N–H and O–H groups in total. The van der Waals surface area contributed by atoms with E-state index in [1.54, 1.807) is 0 Å². The van der Waals surface area contributed by atoms with Crippen LogP contribution >= 0.6 is 0 Å². The zero-order chi connectivity index (χ0) is 14.5. The van der Waals surface area contributed by atoms with E-state index in [0.29, 0.717) is 26.2 Å². The van der Waals surface area contributed by atoms with Gasteiger partial charge < -0.3 is 0 Å². The summed E-state index contributed by atoms with van der Waals surface area (Å²) in [5.41, 5.74) is 0. The van der Waals surface area contributed by atoms with E-state index in [4.69, 9.17) is 0 Å². The van der Waals surface area contributed by atoms with Crippen molar-refractivity contribution in [2.75, 3.05) is 32.4 Å². The van der Waals surface area contributed by atoms with E-state index in [2.05, 4.69) is 0 Å².